The maximum absolute atomic E-state index is 12.2. The minimum Gasteiger partial charge on any atom is -0.497 e. The highest BCUT2D eigenvalue weighted by Crippen LogP contribution is 2.17. The fraction of sp³-hybridized carbons (Fsp3) is 0.0870. The third-order valence-electron chi connectivity index (χ3n) is 3.98. The van der Waals surface area contributed by atoms with Gasteiger partial charge in [0.2, 0.25) is 0 Å². The normalized spacial score (nSPS) is 10.5. The van der Waals surface area contributed by atoms with Crippen molar-refractivity contribution in [2.75, 3.05) is 13.7 Å². The van der Waals surface area contributed by atoms with E-state index in [0.717, 1.165) is 0 Å². The maximum atomic E-state index is 12.2. The van der Waals surface area contributed by atoms with Gasteiger partial charge in [0, 0.05) is 5.02 Å². The van der Waals surface area contributed by atoms with E-state index in [1.807, 2.05) is 0 Å². The van der Waals surface area contributed by atoms with Gasteiger partial charge in [-0.2, -0.15) is 5.10 Å². The lowest BCUT2D eigenvalue weighted by molar-refractivity contribution is -0.123. The van der Waals surface area contributed by atoms with Crippen LogP contribution in [0.2, 0.25) is 5.02 Å². The van der Waals surface area contributed by atoms with Gasteiger partial charge in [-0.1, -0.05) is 23.7 Å². The minimum atomic E-state index is -0.505. The number of hydrogen-bond acceptors (Lipinski definition) is 6. The Bertz CT molecular complexity index is 1070. The molecular weight excluding hydrogens is 420 g/mol. The predicted molar refractivity (Wildman–Crippen MR) is 117 cm³/mol. The van der Waals surface area contributed by atoms with Gasteiger partial charge in [-0.3, -0.25) is 4.79 Å². The molecule has 0 bridgehead atoms. The molecule has 0 saturated carbocycles. The Hall–Kier alpha value is -3.84. The molecule has 0 saturated heterocycles. The standard InChI is InChI=1S/C23H19ClN2O5/c1-29-19-9-11-20(12-10-19)30-15-22(27)26-25-14-16-3-2-4-21(13-16)31-23(28)17-5-7-18(24)8-6-17/h2-14H,15H2,1H3,(H,26,27)/b25-14-. The molecule has 8 heteroatoms. The molecule has 0 aliphatic rings. The van der Waals surface area contributed by atoms with Crippen LogP contribution < -0.4 is 19.6 Å². The SMILES string of the molecule is COc1ccc(OCC(=O)N/N=C\c2cccc(OC(=O)c3ccc(Cl)cc3)c2)cc1. The van der Waals surface area contributed by atoms with E-state index < -0.39 is 11.9 Å². The van der Waals surface area contributed by atoms with Gasteiger partial charge >= 0.3 is 5.97 Å². The number of nitrogens with one attached hydrogen (secondary N) is 1. The lowest BCUT2D eigenvalue weighted by Crippen LogP contribution is -2.24. The van der Waals surface area contributed by atoms with E-state index in [0.29, 0.717) is 33.4 Å². The fourth-order valence-corrected chi connectivity index (χ4v) is 2.57. The maximum Gasteiger partial charge on any atom is 0.343 e. The first kappa shape index (κ1) is 21.9. The van der Waals surface area contributed by atoms with Crippen LogP contribution in [0.15, 0.2) is 77.9 Å². The summed E-state index contributed by atoms with van der Waals surface area (Å²) in [6, 6.07) is 20.0. The highest BCUT2D eigenvalue weighted by molar-refractivity contribution is 6.30. The molecular formula is C23H19ClN2O5. The average molecular weight is 439 g/mol. The molecule has 31 heavy (non-hydrogen) atoms. The zero-order valence-electron chi connectivity index (χ0n) is 16.6. The molecule has 0 radical (unpaired) electrons. The van der Waals surface area contributed by atoms with Crippen molar-refractivity contribution in [3.63, 3.8) is 0 Å². The van der Waals surface area contributed by atoms with Crippen LogP contribution in [0.5, 0.6) is 17.2 Å². The average Bonchev–Trinajstić information content (AvgIpc) is 2.79. The van der Waals surface area contributed by atoms with Crippen LogP contribution in [0.1, 0.15) is 15.9 Å². The third-order valence-corrected chi connectivity index (χ3v) is 4.23. The molecule has 1 N–H and O–H groups in total. The van der Waals surface area contributed by atoms with Gasteiger partial charge in [-0.25, -0.2) is 10.2 Å². The Labute approximate surface area is 184 Å². The van der Waals surface area contributed by atoms with Gasteiger partial charge in [0.1, 0.15) is 17.2 Å². The van der Waals surface area contributed by atoms with Crippen molar-refractivity contribution in [2.45, 2.75) is 0 Å². The van der Waals surface area contributed by atoms with Gasteiger partial charge in [0.15, 0.2) is 6.61 Å². The zero-order chi connectivity index (χ0) is 22.1. The van der Waals surface area contributed by atoms with E-state index in [2.05, 4.69) is 10.5 Å². The van der Waals surface area contributed by atoms with E-state index >= 15 is 0 Å². The Morgan fingerprint density at radius 1 is 0.968 bits per heavy atom. The van der Waals surface area contributed by atoms with Crippen molar-refractivity contribution in [2.24, 2.45) is 5.10 Å². The Morgan fingerprint density at radius 2 is 1.68 bits per heavy atom. The summed E-state index contributed by atoms with van der Waals surface area (Å²) in [6.45, 7) is -0.192. The molecule has 0 atom stereocenters. The molecule has 0 aromatic heterocycles. The molecule has 0 unspecified atom stereocenters. The van der Waals surface area contributed by atoms with E-state index in [4.69, 9.17) is 25.8 Å². The number of nitrogens with zero attached hydrogens (tertiary/aromatic N) is 1. The number of halogens is 1. The van der Waals surface area contributed by atoms with Crippen molar-refractivity contribution in [3.8, 4) is 17.2 Å². The molecule has 1 amide bonds. The van der Waals surface area contributed by atoms with Crippen LogP contribution in [0.25, 0.3) is 0 Å². The molecule has 0 aliphatic carbocycles. The van der Waals surface area contributed by atoms with Crippen LogP contribution in [0, 0.1) is 0 Å². The number of hydrazone groups is 1. The first-order chi connectivity index (χ1) is 15.0. The smallest absolute Gasteiger partial charge is 0.343 e. The van der Waals surface area contributed by atoms with E-state index in [-0.39, 0.29) is 6.61 Å². The highest BCUT2D eigenvalue weighted by Gasteiger charge is 2.08. The third kappa shape index (κ3) is 6.87. The summed E-state index contributed by atoms with van der Waals surface area (Å²) >= 11 is 5.82. The van der Waals surface area contributed by atoms with Crippen LogP contribution in [0.4, 0.5) is 0 Å². The molecule has 0 aliphatic heterocycles. The number of esters is 1. The Morgan fingerprint density at radius 3 is 2.39 bits per heavy atom. The van der Waals surface area contributed by atoms with E-state index in [9.17, 15) is 9.59 Å². The number of benzene rings is 3. The van der Waals surface area contributed by atoms with Crippen LogP contribution in [0.3, 0.4) is 0 Å². The topological polar surface area (TPSA) is 86.2 Å². The number of rotatable bonds is 8. The summed E-state index contributed by atoms with van der Waals surface area (Å²) in [6.07, 6.45) is 1.44. The molecule has 0 spiro atoms. The molecule has 3 rings (SSSR count). The monoisotopic (exact) mass is 438 g/mol. The Balaban J connectivity index is 1.49. The van der Waals surface area contributed by atoms with E-state index in [1.54, 1.807) is 79.9 Å². The second kappa shape index (κ2) is 10.8. The highest BCUT2D eigenvalue weighted by atomic mass is 35.5. The van der Waals surface area contributed by atoms with Crippen molar-refractivity contribution >= 4 is 29.7 Å². The summed E-state index contributed by atoms with van der Waals surface area (Å²) < 4.78 is 15.8. The summed E-state index contributed by atoms with van der Waals surface area (Å²) in [5, 5.41) is 4.42. The van der Waals surface area contributed by atoms with Gasteiger partial charge in [-0.15, -0.1) is 0 Å². The molecule has 158 valence electrons. The first-order valence-electron chi connectivity index (χ1n) is 9.20. The minimum absolute atomic E-state index is 0.192. The van der Waals surface area contributed by atoms with Crippen molar-refractivity contribution in [3.05, 3.63) is 88.9 Å². The Kier molecular flexibility index (Phi) is 7.61. The summed E-state index contributed by atoms with van der Waals surface area (Å²) in [4.78, 5) is 24.1. The number of methoxy groups -OCH3 is 1. The van der Waals surface area contributed by atoms with Crippen molar-refractivity contribution in [1.29, 1.82) is 0 Å². The molecule has 3 aromatic rings. The summed E-state index contributed by atoms with van der Waals surface area (Å²) in [5.41, 5.74) is 3.39. The van der Waals surface area contributed by atoms with Crippen molar-refractivity contribution in [1.82, 2.24) is 5.43 Å². The van der Waals surface area contributed by atoms with Gasteiger partial charge in [0.25, 0.3) is 5.91 Å². The lowest BCUT2D eigenvalue weighted by Gasteiger charge is -2.06. The number of amides is 1. The number of carbonyl (C=O) groups is 2. The summed E-state index contributed by atoms with van der Waals surface area (Å²) in [5.74, 6) is 0.655. The largest absolute Gasteiger partial charge is 0.497 e. The predicted octanol–water partition coefficient (Wildman–Crippen LogP) is 4.10. The number of hydrogen-bond donors (Lipinski definition) is 1. The van der Waals surface area contributed by atoms with Crippen LogP contribution >= 0.6 is 11.6 Å². The van der Waals surface area contributed by atoms with E-state index in [1.165, 1.54) is 6.21 Å². The number of ether oxygens (including phenoxy) is 3. The lowest BCUT2D eigenvalue weighted by atomic mass is 10.2. The van der Waals surface area contributed by atoms with Crippen molar-refractivity contribution < 1.29 is 23.8 Å². The van der Waals surface area contributed by atoms with Crippen LogP contribution in [-0.2, 0) is 4.79 Å². The second-order valence-electron chi connectivity index (χ2n) is 6.23. The number of carbonyl (C=O) groups excluding carboxylic acids is 2. The zero-order valence-corrected chi connectivity index (χ0v) is 17.3. The first-order valence-corrected chi connectivity index (χ1v) is 9.58. The quantitative estimate of drug-likeness (QED) is 0.248. The van der Waals surface area contributed by atoms with Gasteiger partial charge in [0.05, 0.1) is 18.9 Å². The molecule has 3 aromatic carbocycles. The molecule has 7 nitrogen and oxygen atoms in total. The second-order valence-corrected chi connectivity index (χ2v) is 6.66. The van der Waals surface area contributed by atoms with Crippen LogP contribution in [-0.4, -0.2) is 31.8 Å². The molecule has 0 heterocycles. The van der Waals surface area contributed by atoms with Gasteiger partial charge in [-0.05, 0) is 66.2 Å². The summed E-state index contributed by atoms with van der Waals surface area (Å²) in [7, 11) is 1.57. The fourth-order valence-electron chi connectivity index (χ4n) is 2.44. The molecule has 0 fully saturated rings. The van der Waals surface area contributed by atoms with Gasteiger partial charge < -0.3 is 14.2 Å².